The number of carbonyl (C=O) groups excluding carboxylic acids is 1. The van der Waals surface area contributed by atoms with E-state index in [0.29, 0.717) is 29.6 Å². The molecule has 3 nitrogen and oxygen atoms in total. The van der Waals surface area contributed by atoms with Crippen LogP contribution in [0.2, 0.25) is 10.0 Å². The van der Waals surface area contributed by atoms with Crippen molar-refractivity contribution in [3.63, 3.8) is 0 Å². The van der Waals surface area contributed by atoms with E-state index in [1.54, 1.807) is 24.1 Å². The highest BCUT2D eigenvalue weighted by molar-refractivity contribution is 6.42. The predicted octanol–water partition coefficient (Wildman–Crippen LogP) is 4.59. The van der Waals surface area contributed by atoms with E-state index < -0.39 is 0 Å². The number of nitrogens with zero attached hydrogens (tertiary/aromatic N) is 1. The van der Waals surface area contributed by atoms with Crippen molar-refractivity contribution in [2.24, 2.45) is 0 Å². The molecule has 0 unspecified atom stereocenters. The molecule has 0 radical (unpaired) electrons. The van der Waals surface area contributed by atoms with Gasteiger partial charge in [-0.15, -0.1) is 0 Å². The van der Waals surface area contributed by atoms with Gasteiger partial charge in [0.2, 0.25) is 5.91 Å². The molecule has 23 heavy (non-hydrogen) atoms. The van der Waals surface area contributed by atoms with E-state index in [1.807, 2.05) is 37.3 Å². The second-order valence-corrected chi connectivity index (χ2v) is 6.07. The number of rotatable bonds is 6. The first kappa shape index (κ1) is 17.6. The minimum atomic E-state index is 0.0419. The van der Waals surface area contributed by atoms with Crippen LogP contribution in [0.15, 0.2) is 42.5 Å². The van der Waals surface area contributed by atoms with Gasteiger partial charge >= 0.3 is 0 Å². The average Bonchev–Trinajstić information content (AvgIpc) is 2.53. The van der Waals surface area contributed by atoms with Gasteiger partial charge in [-0.2, -0.15) is 0 Å². The molecule has 0 atom stereocenters. The fraction of sp³-hybridized carbons (Fsp3) is 0.278. The average molecular weight is 352 g/mol. The molecule has 0 fully saturated rings. The Hall–Kier alpha value is -1.71. The number of hydrogen-bond donors (Lipinski definition) is 0. The van der Waals surface area contributed by atoms with Crippen LogP contribution in [0.25, 0.3) is 0 Å². The van der Waals surface area contributed by atoms with Crippen molar-refractivity contribution in [1.29, 1.82) is 0 Å². The van der Waals surface area contributed by atoms with Crippen molar-refractivity contribution < 1.29 is 9.53 Å². The third kappa shape index (κ3) is 5.15. The molecule has 0 saturated heterocycles. The third-order valence-corrected chi connectivity index (χ3v) is 4.16. The van der Waals surface area contributed by atoms with Crippen LogP contribution in [0.5, 0.6) is 5.75 Å². The molecule has 1 amide bonds. The summed E-state index contributed by atoms with van der Waals surface area (Å²) < 4.78 is 5.39. The maximum atomic E-state index is 12.3. The van der Waals surface area contributed by atoms with E-state index in [0.717, 1.165) is 16.9 Å². The van der Waals surface area contributed by atoms with Gasteiger partial charge in [0.25, 0.3) is 0 Å². The lowest BCUT2D eigenvalue weighted by atomic mass is 10.1. The van der Waals surface area contributed by atoms with Gasteiger partial charge in [0.05, 0.1) is 23.1 Å². The Labute approximate surface area is 146 Å². The maximum Gasteiger partial charge on any atom is 0.227 e. The number of benzene rings is 2. The van der Waals surface area contributed by atoms with Crippen LogP contribution in [0, 0.1) is 0 Å². The Morgan fingerprint density at radius 3 is 2.30 bits per heavy atom. The fourth-order valence-electron chi connectivity index (χ4n) is 2.18. The van der Waals surface area contributed by atoms with Crippen molar-refractivity contribution in [3.8, 4) is 5.75 Å². The molecule has 0 aromatic heterocycles. The molecule has 0 aliphatic rings. The Morgan fingerprint density at radius 2 is 1.70 bits per heavy atom. The summed E-state index contributed by atoms with van der Waals surface area (Å²) in [5.74, 6) is 0.855. The second kappa shape index (κ2) is 8.23. The lowest BCUT2D eigenvalue weighted by molar-refractivity contribution is -0.129. The maximum absolute atomic E-state index is 12.3. The van der Waals surface area contributed by atoms with E-state index in [-0.39, 0.29) is 5.91 Å². The topological polar surface area (TPSA) is 29.5 Å². The molecular weight excluding hydrogens is 333 g/mol. The fourth-order valence-corrected chi connectivity index (χ4v) is 2.50. The smallest absolute Gasteiger partial charge is 0.227 e. The lowest BCUT2D eigenvalue weighted by Crippen LogP contribution is -2.27. The number of ether oxygens (including phenoxy) is 1. The van der Waals surface area contributed by atoms with Gasteiger partial charge in [-0.05, 0) is 42.3 Å². The molecule has 0 aliphatic carbocycles. The van der Waals surface area contributed by atoms with Gasteiger partial charge in [0.15, 0.2) is 0 Å². The number of carbonyl (C=O) groups is 1. The predicted molar refractivity (Wildman–Crippen MR) is 94.3 cm³/mol. The number of amides is 1. The summed E-state index contributed by atoms with van der Waals surface area (Å²) in [5, 5.41) is 1.01. The summed E-state index contributed by atoms with van der Waals surface area (Å²) in [6, 6.07) is 13.0. The highest BCUT2D eigenvalue weighted by Gasteiger charge is 2.11. The first-order valence-corrected chi connectivity index (χ1v) is 8.15. The molecule has 2 rings (SSSR count). The zero-order valence-electron chi connectivity index (χ0n) is 13.2. The number of hydrogen-bond acceptors (Lipinski definition) is 2. The Balaban J connectivity index is 1.95. The summed E-state index contributed by atoms with van der Waals surface area (Å²) in [7, 11) is 1.78. The monoisotopic (exact) mass is 351 g/mol. The zero-order chi connectivity index (χ0) is 16.8. The molecule has 0 N–H and O–H groups in total. The number of halogens is 2. The molecule has 0 saturated carbocycles. The first-order valence-electron chi connectivity index (χ1n) is 7.39. The second-order valence-electron chi connectivity index (χ2n) is 5.25. The van der Waals surface area contributed by atoms with Gasteiger partial charge in [-0.1, -0.05) is 41.4 Å². The minimum absolute atomic E-state index is 0.0419. The van der Waals surface area contributed by atoms with Gasteiger partial charge in [0, 0.05) is 13.6 Å². The summed E-state index contributed by atoms with van der Waals surface area (Å²) in [4.78, 5) is 14.0. The quantitative estimate of drug-likeness (QED) is 0.761. The van der Waals surface area contributed by atoms with Crippen molar-refractivity contribution >= 4 is 29.1 Å². The van der Waals surface area contributed by atoms with Crippen LogP contribution in [0.1, 0.15) is 18.1 Å². The summed E-state index contributed by atoms with van der Waals surface area (Å²) in [5.41, 5.74) is 1.90. The molecule has 0 bridgehead atoms. The van der Waals surface area contributed by atoms with E-state index in [2.05, 4.69) is 0 Å². The Bertz CT molecular complexity index is 671. The standard InChI is InChI=1S/C18H19Cl2NO2/c1-3-23-15-7-4-13(5-8-15)11-18(22)21(2)12-14-6-9-16(19)17(20)10-14/h4-10H,3,11-12H2,1-2H3. The van der Waals surface area contributed by atoms with E-state index in [1.165, 1.54) is 0 Å². The van der Waals surface area contributed by atoms with E-state index in [4.69, 9.17) is 27.9 Å². The zero-order valence-corrected chi connectivity index (χ0v) is 14.7. The van der Waals surface area contributed by atoms with Crippen molar-refractivity contribution in [1.82, 2.24) is 4.90 Å². The molecule has 2 aromatic rings. The van der Waals surface area contributed by atoms with Crippen LogP contribution < -0.4 is 4.74 Å². The Kier molecular flexibility index (Phi) is 6.31. The van der Waals surface area contributed by atoms with Crippen LogP contribution >= 0.6 is 23.2 Å². The van der Waals surface area contributed by atoms with E-state index in [9.17, 15) is 4.79 Å². The van der Waals surface area contributed by atoms with Gasteiger partial charge in [-0.25, -0.2) is 0 Å². The minimum Gasteiger partial charge on any atom is -0.494 e. The Morgan fingerprint density at radius 1 is 1.04 bits per heavy atom. The van der Waals surface area contributed by atoms with Crippen molar-refractivity contribution in [2.75, 3.05) is 13.7 Å². The SMILES string of the molecule is CCOc1ccc(CC(=O)N(C)Cc2ccc(Cl)c(Cl)c2)cc1. The van der Waals surface area contributed by atoms with E-state index >= 15 is 0 Å². The molecular formula is C18H19Cl2NO2. The van der Waals surface area contributed by atoms with Gasteiger partial charge < -0.3 is 9.64 Å². The first-order chi connectivity index (χ1) is 11.0. The molecule has 0 heterocycles. The van der Waals surface area contributed by atoms with Crippen molar-refractivity contribution in [2.45, 2.75) is 19.9 Å². The van der Waals surface area contributed by atoms with Crippen LogP contribution in [0.4, 0.5) is 0 Å². The van der Waals surface area contributed by atoms with Crippen LogP contribution in [-0.4, -0.2) is 24.5 Å². The largest absolute Gasteiger partial charge is 0.494 e. The third-order valence-electron chi connectivity index (χ3n) is 3.42. The molecule has 0 spiro atoms. The highest BCUT2D eigenvalue weighted by atomic mass is 35.5. The summed E-state index contributed by atoms with van der Waals surface area (Å²) >= 11 is 11.9. The molecule has 0 aliphatic heterocycles. The normalized spacial score (nSPS) is 10.4. The van der Waals surface area contributed by atoms with Gasteiger partial charge in [-0.3, -0.25) is 4.79 Å². The number of likely N-dealkylation sites (N-methyl/N-ethyl adjacent to an activating group) is 1. The molecule has 5 heteroatoms. The van der Waals surface area contributed by atoms with Crippen molar-refractivity contribution in [3.05, 3.63) is 63.6 Å². The van der Waals surface area contributed by atoms with Crippen LogP contribution in [-0.2, 0) is 17.8 Å². The molecule has 122 valence electrons. The summed E-state index contributed by atoms with van der Waals surface area (Å²) in [6.07, 6.45) is 0.351. The van der Waals surface area contributed by atoms with Gasteiger partial charge in [0.1, 0.15) is 5.75 Å². The highest BCUT2D eigenvalue weighted by Crippen LogP contribution is 2.23. The van der Waals surface area contributed by atoms with Crippen LogP contribution in [0.3, 0.4) is 0 Å². The lowest BCUT2D eigenvalue weighted by Gasteiger charge is -2.18. The molecule has 2 aromatic carbocycles. The summed E-state index contributed by atoms with van der Waals surface area (Å²) in [6.45, 7) is 3.06.